The number of nitrogens with zero attached hydrogens (tertiary/aromatic N) is 2. The minimum atomic E-state index is -0.0315. The molecule has 0 bridgehead atoms. The van der Waals surface area contributed by atoms with Gasteiger partial charge in [0, 0.05) is 44.9 Å². The summed E-state index contributed by atoms with van der Waals surface area (Å²) in [4.78, 5) is 18.7. The number of likely N-dealkylation sites (tertiary alicyclic amines) is 1. The highest BCUT2D eigenvalue weighted by Crippen LogP contribution is 2.15. The summed E-state index contributed by atoms with van der Waals surface area (Å²) in [6, 6.07) is 14.1. The van der Waals surface area contributed by atoms with Crippen LogP contribution in [0, 0.1) is 0 Å². The van der Waals surface area contributed by atoms with Gasteiger partial charge in [-0.2, -0.15) is 0 Å². The number of carbonyl (C=O) groups is 1. The normalized spacial score (nSPS) is 14.0. The molecule has 0 unspecified atom stereocenters. The van der Waals surface area contributed by atoms with E-state index in [2.05, 4.69) is 25.8 Å². The van der Waals surface area contributed by atoms with Crippen molar-refractivity contribution in [2.24, 2.45) is 0 Å². The van der Waals surface area contributed by atoms with Crippen LogP contribution in [-0.2, 0) is 17.9 Å². The molecule has 3 N–H and O–H groups in total. The van der Waals surface area contributed by atoms with Gasteiger partial charge in [0.15, 0.2) is 5.11 Å². The van der Waals surface area contributed by atoms with Gasteiger partial charge in [0.2, 0.25) is 11.8 Å². The van der Waals surface area contributed by atoms with Crippen molar-refractivity contribution in [2.75, 3.05) is 32.8 Å². The average Bonchev–Trinajstić information content (AvgIpc) is 2.86. The monoisotopic (exact) mass is 481 g/mol. The van der Waals surface area contributed by atoms with E-state index in [1.54, 1.807) is 6.20 Å². The maximum absolute atomic E-state index is 12.0. The summed E-state index contributed by atoms with van der Waals surface area (Å²) in [6.07, 6.45) is 9.83. The zero-order valence-electron chi connectivity index (χ0n) is 19.7. The molecule has 1 fully saturated rings. The fraction of sp³-hybridized carbons (Fsp3) is 0.423. The molecule has 1 aromatic carbocycles. The van der Waals surface area contributed by atoms with E-state index in [1.165, 1.54) is 37.9 Å². The number of benzene rings is 1. The number of aromatic nitrogens is 1. The molecule has 34 heavy (non-hydrogen) atoms. The highest BCUT2D eigenvalue weighted by atomic mass is 32.1. The summed E-state index contributed by atoms with van der Waals surface area (Å²) in [5.41, 5.74) is 2.38. The number of carbonyl (C=O) groups excluding carboxylic acids is 1. The van der Waals surface area contributed by atoms with Crippen LogP contribution in [0.1, 0.15) is 36.8 Å². The van der Waals surface area contributed by atoms with Crippen LogP contribution in [0.4, 0.5) is 0 Å². The van der Waals surface area contributed by atoms with Crippen LogP contribution in [0.2, 0.25) is 0 Å². The number of ether oxygens (including phenoxy) is 1. The molecule has 2 heterocycles. The van der Waals surface area contributed by atoms with E-state index < -0.39 is 0 Å². The highest BCUT2D eigenvalue weighted by molar-refractivity contribution is 7.80. The molecular formula is C26H35N5O2S. The summed E-state index contributed by atoms with van der Waals surface area (Å²) in [5.74, 6) is 0.599. The van der Waals surface area contributed by atoms with Gasteiger partial charge in [0.25, 0.3) is 0 Å². The fourth-order valence-electron chi connectivity index (χ4n) is 3.68. The van der Waals surface area contributed by atoms with Crippen molar-refractivity contribution in [2.45, 2.75) is 38.8 Å². The van der Waals surface area contributed by atoms with Crippen LogP contribution >= 0.6 is 12.2 Å². The summed E-state index contributed by atoms with van der Waals surface area (Å²) < 4.78 is 5.73. The molecular weight excluding hydrogens is 446 g/mol. The lowest BCUT2D eigenvalue weighted by Gasteiger charge is -2.26. The van der Waals surface area contributed by atoms with E-state index in [0.717, 1.165) is 12.1 Å². The zero-order chi connectivity index (χ0) is 23.8. The molecule has 1 saturated heterocycles. The molecule has 1 aliphatic rings. The lowest BCUT2D eigenvalue weighted by atomic mass is 10.1. The highest BCUT2D eigenvalue weighted by Gasteiger charge is 2.10. The Labute approximate surface area is 208 Å². The molecule has 1 aliphatic heterocycles. The van der Waals surface area contributed by atoms with Gasteiger partial charge < -0.3 is 20.7 Å². The maximum Gasteiger partial charge on any atom is 0.222 e. The Morgan fingerprint density at radius 1 is 1.03 bits per heavy atom. The largest absolute Gasteiger partial charge is 0.473 e. The van der Waals surface area contributed by atoms with Crippen LogP contribution in [-0.4, -0.2) is 53.7 Å². The van der Waals surface area contributed by atoms with Crippen molar-refractivity contribution in [3.63, 3.8) is 0 Å². The maximum atomic E-state index is 12.0. The van der Waals surface area contributed by atoms with E-state index in [0.29, 0.717) is 43.7 Å². The number of hydrogen-bond acceptors (Lipinski definition) is 5. The predicted octanol–water partition coefficient (Wildman–Crippen LogP) is 3.17. The quantitative estimate of drug-likeness (QED) is 0.317. The van der Waals surface area contributed by atoms with Gasteiger partial charge in [0.05, 0.1) is 0 Å². The molecule has 2 aromatic rings. The third kappa shape index (κ3) is 10.3. The van der Waals surface area contributed by atoms with Gasteiger partial charge >= 0.3 is 0 Å². The predicted molar refractivity (Wildman–Crippen MR) is 140 cm³/mol. The molecule has 3 rings (SSSR count). The summed E-state index contributed by atoms with van der Waals surface area (Å²) in [7, 11) is 0. The van der Waals surface area contributed by atoms with Crippen LogP contribution in [0.25, 0.3) is 0 Å². The molecule has 182 valence electrons. The van der Waals surface area contributed by atoms with Gasteiger partial charge in [-0.3, -0.25) is 9.69 Å². The Hall–Kier alpha value is -2.97. The minimum absolute atomic E-state index is 0.0315. The molecule has 0 radical (unpaired) electrons. The molecule has 1 amide bonds. The Bertz CT molecular complexity index is 916. The number of amides is 1. The summed E-state index contributed by atoms with van der Waals surface area (Å²) in [6.45, 7) is 5.30. The minimum Gasteiger partial charge on any atom is -0.473 e. The van der Waals surface area contributed by atoms with Crippen molar-refractivity contribution in [1.29, 1.82) is 0 Å². The first kappa shape index (κ1) is 25.6. The van der Waals surface area contributed by atoms with Crippen LogP contribution in [0.5, 0.6) is 5.88 Å². The van der Waals surface area contributed by atoms with Crippen LogP contribution in [0.15, 0.2) is 60.8 Å². The van der Waals surface area contributed by atoms with E-state index >= 15 is 0 Å². The van der Waals surface area contributed by atoms with Crippen LogP contribution in [0.3, 0.4) is 0 Å². The van der Waals surface area contributed by atoms with E-state index in [4.69, 9.17) is 17.0 Å². The van der Waals surface area contributed by atoms with Crippen molar-refractivity contribution in [3.05, 3.63) is 71.9 Å². The van der Waals surface area contributed by atoms with Crippen LogP contribution < -0.4 is 20.7 Å². The lowest BCUT2D eigenvalue weighted by molar-refractivity contribution is -0.120. The second kappa shape index (κ2) is 15.0. The Morgan fingerprint density at radius 2 is 1.85 bits per heavy atom. The Kier molecular flexibility index (Phi) is 11.3. The van der Waals surface area contributed by atoms with E-state index in [9.17, 15) is 4.79 Å². The van der Waals surface area contributed by atoms with E-state index in [1.807, 2.05) is 54.6 Å². The lowest BCUT2D eigenvalue weighted by Crippen LogP contribution is -2.37. The van der Waals surface area contributed by atoms with Gasteiger partial charge in [-0.05, 0) is 61.4 Å². The standard InChI is InChI=1S/C26H35N5O2S/c32-24(12-15-29-26(34)30-20-22-9-3-1-4-10-22)27-13-5-8-18-33-25-19-23(11-14-28-25)21-31-16-6-2-7-17-31/h1,3-5,8-11,14,19H,2,6-7,12-13,15-18,20-21H2,(H,27,32)(H2,29,30,34)/b8-5-. The second-order valence-corrected chi connectivity index (χ2v) is 8.68. The van der Waals surface area contributed by atoms with Crippen molar-refractivity contribution in [1.82, 2.24) is 25.8 Å². The molecule has 1 aromatic heterocycles. The SMILES string of the molecule is O=C(CCNC(=S)NCc1ccccc1)NC/C=C\COc1cc(CN2CCCCC2)ccn1. The molecule has 7 nitrogen and oxygen atoms in total. The van der Waals surface area contributed by atoms with Crippen molar-refractivity contribution < 1.29 is 9.53 Å². The first-order valence-electron chi connectivity index (χ1n) is 12.0. The number of hydrogen-bond donors (Lipinski definition) is 3. The molecule has 0 atom stereocenters. The number of nitrogens with one attached hydrogen (secondary N) is 3. The van der Waals surface area contributed by atoms with E-state index in [-0.39, 0.29) is 5.91 Å². The number of pyridine rings is 1. The summed E-state index contributed by atoms with van der Waals surface area (Å²) >= 11 is 5.24. The molecule has 0 saturated carbocycles. The number of rotatable bonds is 12. The fourth-order valence-corrected chi connectivity index (χ4v) is 3.85. The van der Waals surface area contributed by atoms with Crippen molar-refractivity contribution in [3.8, 4) is 5.88 Å². The third-order valence-electron chi connectivity index (χ3n) is 5.50. The molecule has 0 aliphatic carbocycles. The number of thiocarbonyl (C=S) groups is 1. The average molecular weight is 482 g/mol. The van der Waals surface area contributed by atoms with Gasteiger partial charge in [-0.1, -0.05) is 42.8 Å². The van der Waals surface area contributed by atoms with Gasteiger partial charge in [0.1, 0.15) is 6.61 Å². The first-order chi connectivity index (χ1) is 16.7. The Morgan fingerprint density at radius 3 is 2.68 bits per heavy atom. The zero-order valence-corrected chi connectivity index (χ0v) is 20.5. The van der Waals surface area contributed by atoms with Gasteiger partial charge in [-0.15, -0.1) is 0 Å². The number of piperidine rings is 1. The Balaban J connectivity index is 1.22. The topological polar surface area (TPSA) is 78.5 Å². The molecule has 8 heteroatoms. The van der Waals surface area contributed by atoms with Gasteiger partial charge in [-0.25, -0.2) is 4.98 Å². The first-order valence-corrected chi connectivity index (χ1v) is 12.4. The molecule has 0 spiro atoms. The van der Waals surface area contributed by atoms with Crippen molar-refractivity contribution >= 4 is 23.2 Å². The second-order valence-electron chi connectivity index (χ2n) is 8.27. The smallest absolute Gasteiger partial charge is 0.222 e. The summed E-state index contributed by atoms with van der Waals surface area (Å²) in [5, 5.41) is 9.59. The third-order valence-corrected chi connectivity index (χ3v) is 5.79.